The van der Waals surface area contributed by atoms with Crippen LogP contribution in [0.1, 0.15) is 39.0 Å². The van der Waals surface area contributed by atoms with Crippen molar-refractivity contribution in [2.24, 2.45) is 0 Å². The first-order chi connectivity index (χ1) is 12.2. The third-order valence-corrected chi connectivity index (χ3v) is 4.49. The number of oxazole rings is 1. The lowest BCUT2D eigenvalue weighted by Gasteiger charge is -2.04. The fourth-order valence-electron chi connectivity index (χ4n) is 2.69. The maximum atomic E-state index is 12.0. The van der Waals surface area contributed by atoms with Gasteiger partial charge >= 0.3 is 0 Å². The second kappa shape index (κ2) is 8.30. The van der Waals surface area contributed by atoms with Crippen molar-refractivity contribution in [1.82, 2.24) is 4.98 Å². The Hall–Kier alpha value is -2.14. The van der Waals surface area contributed by atoms with Gasteiger partial charge < -0.3 is 9.73 Å². The zero-order valence-electron chi connectivity index (χ0n) is 14.2. The third-order valence-electron chi connectivity index (χ3n) is 4.00. The number of nitrogens with zero attached hydrogens (tertiary/aromatic N) is 1. The number of benzene rings is 2. The molecule has 0 spiro atoms. The standard InChI is InChI=1S/C20H21BrN2O2/c1-2-3-4-5-9-19(24)22-16-10-11-18-17(13-16)23-20(25-18)14-7-6-8-15(21)12-14/h6-8,10-13H,2-5,9H2,1H3,(H,22,24). The SMILES string of the molecule is CCCCCCC(=O)Nc1ccc2oc(-c3cccc(Br)c3)nc2c1. The molecule has 4 nitrogen and oxygen atoms in total. The number of nitrogens with one attached hydrogen (secondary N) is 1. The van der Waals surface area contributed by atoms with Gasteiger partial charge in [-0.3, -0.25) is 4.79 Å². The van der Waals surface area contributed by atoms with Gasteiger partial charge in [0.05, 0.1) is 0 Å². The molecule has 2 aromatic carbocycles. The van der Waals surface area contributed by atoms with Crippen LogP contribution >= 0.6 is 15.9 Å². The van der Waals surface area contributed by atoms with E-state index >= 15 is 0 Å². The largest absolute Gasteiger partial charge is 0.436 e. The molecule has 1 N–H and O–H groups in total. The van der Waals surface area contributed by atoms with Gasteiger partial charge in [-0.15, -0.1) is 0 Å². The number of halogens is 1. The van der Waals surface area contributed by atoms with E-state index in [0.717, 1.165) is 34.1 Å². The second-order valence-electron chi connectivity index (χ2n) is 6.07. The first-order valence-electron chi connectivity index (χ1n) is 8.62. The van der Waals surface area contributed by atoms with Gasteiger partial charge in [0.15, 0.2) is 5.58 Å². The summed E-state index contributed by atoms with van der Waals surface area (Å²) in [6.07, 6.45) is 4.93. The molecule has 5 heteroatoms. The van der Waals surface area contributed by atoms with Crippen LogP contribution in [0.15, 0.2) is 51.4 Å². The molecule has 0 atom stereocenters. The van der Waals surface area contributed by atoms with E-state index in [4.69, 9.17) is 4.42 Å². The van der Waals surface area contributed by atoms with E-state index in [1.165, 1.54) is 12.8 Å². The highest BCUT2D eigenvalue weighted by Gasteiger charge is 2.10. The first-order valence-corrected chi connectivity index (χ1v) is 9.41. The molecule has 0 fully saturated rings. The van der Waals surface area contributed by atoms with Gasteiger partial charge in [-0.05, 0) is 42.8 Å². The van der Waals surface area contributed by atoms with Gasteiger partial charge in [-0.1, -0.05) is 48.2 Å². The molecule has 1 aromatic heterocycles. The van der Waals surface area contributed by atoms with Crippen LogP contribution in [-0.2, 0) is 4.79 Å². The van der Waals surface area contributed by atoms with Gasteiger partial charge in [-0.25, -0.2) is 4.98 Å². The first kappa shape index (κ1) is 17.7. The number of aromatic nitrogens is 1. The average molecular weight is 401 g/mol. The number of rotatable bonds is 7. The maximum absolute atomic E-state index is 12.0. The van der Waals surface area contributed by atoms with E-state index in [9.17, 15) is 4.79 Å². The summed E-state index contributed by atoms with van der Waals surface area (Å²) in [5.74, 6) is 0.616. The molecule has 0 saturated heterocycles. The minimum atomic E-state index is 0.0474. The molecule has 1 amide bonds. The normalized spacial score (nSPS) is 11.0. The molecule has 0 bridgehead atoms. The zero-order valence-corrected chi connectivity index (χ0v) is 15.8. The quantitative estimate of drug-likeness (QED) is 0.482. The fourth-order valence-corrected chi connectivity index (χ4v) is 3.09. The molecular formula is C20H21BrN2O2. The third kappa shape index (κ3) is 4.69. The molecule has 0 unspecified atom stereocenters. The number of carbonyl (C=O) groups excluding carboxylic acids is 1. The van der Waals surface area contributed by atoms with E-state index < -0.39 is 0 Å². The molecule has 3 aromatic rings. The summed E-state index contributed by atoms with van der Waals surface area (Å²) >= 11 is 3.46. The number of hydrogen-bond donors (Lipinski definition) is 1. The lowest BCUT2D eigenvalue weighted by atomic mass is 10.1. The molecule has 0 radical (unpaired) electrons. The van der Waals surface area contributed by atoms with Gasteiger partial charge in [0.1, 0.15) is 5.52 Å². The highest BCUT2D eigenvalue weighted by molar-refractivity contribution is 9.10. The average Bonchev–Trinajstić information content (AvgIpc) is 3.02. The highest BCUT2D eigenvalue weighted by atomic mass is 79.9. The Morgan fingerprint density at radius 2 is 2.04 bits per heavy atom. The lowest BCUT2D eigenvalue weighted by molar-refractivity contribution is -0.116. The number of carbonyl (C=O) groups is 1. The molecule has 0 aliphatic rings. The Bertz CT molecular complexity index is 873. The summed E-state index contributed by atoms with van der Waals surface area (Å²) < 4.78 is 6.79. The monoisotopic (exact) mass is 400 g/mol. The molecule has 25 heavy (non-hydrogen) atoms. The van der Waals surface area contributed by atoms with Crippen LogP contribution in [-0.4, -0.2) is 10.9 Å². The van der Waals surface area contributed by atoms with Crippen molar-refractivity contribution in [2.75, 3.05) is 5.32 Å². The van der Waals surface area contributed by atoms with Crippen molar-refractivity contribution in [1.29, 1.82) is 0 Å². The maximum Gasteiger partial charge on any atom is 0.227 e. The van der Waals surface area contributed by atoms with Gasteiger partial charge in [0.2, 0.25) is 11.8 Å². The van der Waals surface area contributed by atoms with E-state index in [-0.39, 0.29) is 5.91 Å². The number of fused-ring (bicyclic) bond motifs is 1. The van der Waals surface area contributed by atoms with Crippen LogP contribution in [0.5, 0.6) is 0 Å². The van der Waals surface area contributed by atoms with Gasteiger partial charge in [0.25, 0.3) is 0 Å². The van der Waals surface area contributed by atoms with Crippen LogP contribution in [0, 0.1) is 0 Å². The van der Waals surface area contributed by atoms with Crippen molar-refractivity contribution >= 4 is 38.6 Å². The van der Waals surface area contributed by atoms with Crippen molar-refractivity contribution < 1.29 is 9.21 Å². The molecule has 0 aliphatic carbocycles. The molecule has 0 aliphatic heterocycles. The zero-order chi connectivity index (χ0) is 17.6. The van der Waals surface area contributed by atoms with E-state index in [1.54, 1.807) is 0 Å². The summed E-state index contributed by atoms with van der Waals surface area (Å²) in [5, 5.41) is 2.94. The number of anilines is 1. The summed E-state index contributed by atoms with van der Waals surface area (Å²) in [6.45, 7) is 2.16. The molecular weight excluding hydrogens is 380 g/mol. The summed E-state index contributed by atoms with van der Waals surface area (Å²) in [4.78, 5) is 16.6. The Morgan fingerprint density at radius 3 is 2.84 bits per heavy atom. The van der Waals surface area contributed by atoms with Gasteiger partial charge in [-0.2, -0.15) is 0 Å². The number of amides is 1. The van der Waals surface area contributed by atoms with Crippen molar-refractivity contribution in [3.8, 4) is 11.5 Å². The molecule has 130 valence electrons. The van der Waals surface area contributed by atoms with Crippen LogP contribution in [0.3, 0.4) is 0 Å². The van der Waals surface area contributed by atoms with Gasteiger partial charge in [0, 0.05) is 22.1 Å². The van der Waals surface area contributed by atoms with Crippen LogP contribution in [0.25, 0.3) is 22.6 Å². The van der Waals surface area contributed by atoms with Crippen LogP contribution in [0.2, 0.25) is 0 Å². The van der Waals surface area contributed by atoms with E-state index in [0.29, 0.717) is 17.9 Å². The predicted molar refractivity (Wildman–Crippen MR) is 105 cm³/mol. The van der Waals surface area contributed by atoms with Crippen molar-refractivity contribution in [2.45, 2.75) is 39.0 Å². The lowest BCUT2D eigenvalue weighted by Crippen LogP contribution is -2.10. The second-order valence-corrected chi connectivity index (χ2v) is 6.99. The summed E-state index contributed by atoms with van der Waals surface area (Å²) in [7, 11) is 0. The van der Waals surface area contributed by atoms with E-state index in [2.05, 4.69) is 33.2 Å². The number of unbranched alkanes of at least 4 members (excludes halogenated alkanes) is 3. The minimum absolute atomic E-state index is 0.0474. The molecule has 3 rings (SSSR count). The molecule has 0 saturated carbocycles. The highest BCUT2D eigenvalue weighted by Crippen LogP contribution is 2.27. The van der Waals surface area contributed by atoms with Crippen LogP contribution < -0.4 is 5.32 Å². The Labute approximate surface area is 155 Å². The predicted octanol–water partition coefficient (Wildman–Crippen LogP) is 6.17. The Morgan fingerprint density at radius 1 is 1.16 bits per heavy atom. The van der Waals surface area contributed by atoms with Crippen molar-refractivity contribution in [3.05, 3.63) is 46.9 Å². The van der Waals surface area contributed by atoms with Crippen LogP contribution in [0.4, 0.5) is 5.69 Å². The topological polar surface area (TPSA) is 55.1 Å². The summed E-state index contributed by atoms with van der Waals surface area (Å²) in [5.41, 5.74) is 3.10. The Balaban J connectivity index is 1.71. The van der Waals surface area contributed by atoms with E-state index in [1.807, 2.05) is 42.5 Å². The molecule has 1 heterocycles. The van der Waals surface area contributed by atoms with Crippen molar-refractivity contribution in [3.63, 3.8) is 0 Å². The fraction of sp³-hybridized carbons (Fsp3) is 0.300. The smallest absolute Gasteiger partial charge is 0.227 e. The minimum Gasteiger partial charge on any atom is -0.436 e. The number of hydrogen-bond acceptors (Lipinski definition) is 3. The Kier molecular flexibility index (Phi) is 5.87. The summed E-state index contributed by atoms with van der Waals surface area (Å²) in [6, 6.07) is 13.4.